The number of rotatable bonds is 3. The second-order valence-electron chi connectivity index (χ2n) is 4.75. The first-order valence-electron chi connectivity index (χ1n) is 6.35. The number of thiazole rings is 1. The van der Waals surface area contributed by atoms with Crippen molar-refractivity contribution in [1.29, 1.82) is 0 Å². The van der Waals surface area contributed by atoms with Crippen LogP contribution in [-0.4, -0.2) is 15.8 Å². The number of aldehydes is 1. The molecule has 0 bridgehead atoms. The van der Waals surface area contributed by atoms with Crippen molar-refractivity contribution in [3.8, 4) is 16.4 Å². The Labute approximate surface area is 121 Å². The van der Waals surface area contributed by atoms with Gasteiger partial charge in [0.15, 0.2) is 11.4 Å². The Hall–Kier alpha value is -2.20. The summed E-state index contributed by atoms with van der Waals surface area (Å²) in [6, 6.07) is 9.98. The van der Waals surface area contributed by atoms with Gasteiger partial charge in [0.25, 0.3) is 0 Å². The Kier molecular flexibility index (Phi) is 3.24. The molecule has 3 nitrogen and oxygen atoms in total. The van der Waals surface area contributed by atoms with Crippen LogP contribution in [0.4, 0.5) is 0 Å². The number of carbonyl (C=O) groups is 1. The van der Waals surface area contributed by atoms with Gasteiger partial charge in [0.05, 0.1) is 11.4 Å². The molecule has 0 unspecified atom stereocenters. The van der Waals surface area contributed by atoms with E-state index in [1.165, 1.54) is 22.5 Å². The quantitative estimate of drug-likeness (QED) is 0.680. The summed E-state index contributed by atoms with van der Waals surface area (Å²) in [6.45, 7) is 4.16. The summed E-state index contributed by atoms with van der Waals surface area (Å²) in [5.74, 6) is 0. The zero-order chi connectivity index (χ0) is 14.1. The lowest BCUT2D eigenvalue weighted by molar-refractivity contribution is 0.111. The predicted molar refractivity (Wildman–Crippen MR) is 81.7 cm³/mol. The fourth-order valence-corrected chi connectivity index (χ4v) is 3.00. The summed E-state index contributed by atoms with van der Waals surface area (Å²) in [4.78, 5) is 15.6. The number of carbonyl (C=O) groups excluding carboxylic acids is 1. The Morgan fingerprint density at radius 2 is 2.10 bits per heavy atom. The third-order valence-corrected chi connectivity index (χ3v) is 4.11. The number of aryl methyl sites for hydroxylation is 2. The van der Waals surface area contributed by atoms with E-state index in [-0.39, 0.29) is 0 Å². The van der Waals surface area contributed by atoms with Crippen molar-refractivity contribution >= 4 is 17.6 Å². The van der Waals surface area contributed by atoms with Gasteiger partial charge in [0.1, 0.15) is 0 Å². The molecule has 0 aliphatic heterocycles. The first kappa shape index (κ1) is 12.8. The van der Waals surface area contributed by atoms with E-state index in [0.717, 1.165) is 22.7 Å². The van der Waals surface area contributed by atoms with Crippen molar-refractivity contribution in [1.82, 2.24) is 9.55 Å². The minimum absolute atomic E-state index is 0.617. The molecule has 0 N–H and O–H groups in total. The van der Waals surface area contributed by atoms with Crippen LogP contribution in [0, 0.1) is 13.8 Å². The summed E-state index contributed by atoms with van der Waals surface area (Å²) >= 11 is 1.54. The van der Waals surface area contributed by atoms with Gasteiger partial charge in [-0.15, -0.1) is 11.3 Å². The summed E-state index contributed by atoms with van der Waals surface area (Å²) in [5, 5.41) is 2.85. The van der Waals surface area contributed by atoms with Crippen molar-refractivity contribution in [3.05, 3.63) is 58.7 Å². The van der Waals surface area contributed by atoms with Gasteiger partial charge in [-0.1, -0.05) is 17.7 Å². The largest absolute Gasteiger partial charge is 0.296 e. The molecule has 0 fully saturated rings. The van der Waals surface area contributed by atoms with Crippen LogP contribution < -0.4 is 0 Å². The first-order chi connectivity index (χ1) is 9.69. The summed E-state index contributed by atoms with van der Waals surface area (Å²) < 4.78 is 1.81. The molecule has 2 heterocycles. The van der Waals surface area contributed by atoms with Gasteiger partial charge in [-0.05, 0) is 37.6 Å². The van der Waals surface area contributed by atoms with Crippen LogP contribution in [0.1, 0.15) is 21.6 Å². The molecule has 2 aromatic heterocycles. The van der Waals surface area contributed by atoms with Crippen LogP contribution in [0.15, 0.2) is 41.9 Å². The summed E-state index contributed by atoms with van der Waals surface area (Å²) in [7, 11) is 0. The molecule has 0 amide bonds. The maximum Gasteiger partial charge on any atom is 0.194 e. The minimum atomic E-state index is 0.617. The highest BCUT2D eigenvalue weighted by Gasteiger charge is 2.10. The Balaban J connectivity index is 2.06. The third kappa shape index (κ3) is 2.18. The Bertz CT molecular complexity index is 770. The molecule has 20 heavy (non-hydrogen) atoms. The zero-order valence-electron chi connectivity index (χ0n) is 11.3. The fourth-order valence-electron chi connectivity index (χ4n) is 2.17. The third-order valence-electron chi connectivity index (χ3n) is 3.27. The van der Waals surface area contributed by atoms with Crippen LogP contribution in [0.5, 0.6) is 0 Å². The van der Waals surface area contributed by atoms with E-state index in [1.54, 1.807) is 6.07 Å². The monoisotopic (exact) mass is 282 g/mol. The van der Waals surface area contributed by atoms with Gasteiger partial charge in [-0.3, -0.25) is 9.36 Å². The van der Waals surface area contributed by atoms with Crippen molar-refractivity contribution in [2.45, 2.75) is 13.8 Å². The van der Waals surface area contributed by atoms with E-state index in [1.807, 2.05) is 22.2 Å². The maximum atomic E-state index is 11.0. The van der Waals surface area contributed by atoms with Crippen LogP contribution in [-0.2, 0) is 0 Å². The first-order valence-corrected chi connectivity index (χ1v) is 7.23. The molecule has 1 aromatic carbocycles. The standard InChI is InChI=1S/C16H14N2OS/c1-11-5-6-12(2)14(8-11)15-10-20-16(17-15)18-7-3-4-13(18)9-19/h3-10H,1-2H3. The molecule has 0 radical (unpaired) electrons. The van der Waals surface area contributed by atoms with Crippen LogP contribution in [0.3, 0.4) is 0 Å². The van der Waals surface area contributed by atoms with E-state index in [2.05, 4.69) is 37.0 Å². The molecular formula is C16H14N2OS. The smallest absolute Gasteiger partial charge is 0.194 e. The predicted octanol–water partition coefficient (Wildman–Crippen LogP) is 4.03. The minimum Gasteiger partial charge on any atom is -0.296 e. The molecule has 3 rings (SSSR count). The van der Waals surface area contributed by atoms with Gasteiger partial charge in [-0.2, -0.15) is 0 Å². The van der Waals surface area contributed by atoms with Crippen LogP contribution in [0.2, 0.25) is 0 Å². The number of nitrogens with zero attached hydrogens (tertiary/aromatic N) is 2. The lowest BCUT2D eigenvalue weighted by atomic mass is 10.0. The highest BCUT2D eigenvalue weighted by molar-refractivity contribution is 7.12. The lowest BCUT2D eigenvalue weighted by Gasteiger charge is -2.04. The summed E-state index contributed by atoms with van der Waals surface area (Å²) in [6.07, 6.45) is 2.70. The molecule has 0 spiro atoms. The van der Waals surface area contributed by atoms with Crippen molar-refractivity contribution < 1.29 is 4.79 Å². The molecule has 100 valence electrons. The van der Waals surface area contributed by atoms with Gasteiger partial charge in [0.2, 0.25) is 0 Å². The van der Waals surface area contributed by atoms with Crippen molar-refractivity contribution in [3.63, 3.8) is 0 Å². The van der Waals surface area contributed by atoms with Crippen molar-refractivity contribution in [2.75, 3.05) is 0 Å². The molecule has 0 saturated heterocycles. The fraction of sp³-hybridized carbons (Fsp3) is 0.125. The van der Waals surface area contributed by atoms with E-state index in [9.17, 15) is 4.79 Å². The van der Waals surface area contributed by atoms with E-state index >= 15 is 0 Å². The average molecular weight is 282 g/mol. The van der Waals surface area contributed by atoms with Gasteiger partial charge < -0.3 is 0 Å². The molecule has 0 saturated carbocycles. The average Bonchev–Trinajstić information content (AvgIpc) is 3.08. The number of hydrogen-bond donors (Lipinski definition) is 0. The molecule has 3 aromatic rings. The maximum absolute atomic E-state index is 11.0. The van der Waals surface area contributed by atoms with Gasteiger partial charge in [-0.25, -0.2) is 4.98 Å². The second kappa shape index (κ2) is 5.06. The molecule has 0 aliphatic rings. The van der Waals surface area contributed by atoms with Gasteiger partial charge in [0, 0.05) is 17.1 Å². The normalized spacial score (nSPS) is 10.7. The number of benzene rings is 1. The summed E-state index contributed by atoms with van der Waals surface area (Å²) in [5.41, 5.74) is 5.14. The number of hydrogen-bond acceptors (Lipinski definition) is 3. The Morgan fingerprint density at radius 1 is 1.25 bits per heavy atom. The molecule has 0 atom stereocenters. The van der Waals surface area contributed by atoms with E-state index < -0.39 is 0 Å². The lowest BCUT2D eigenvalue weighted by Crippen LogP contribution is -1.96. The van der Waals surface area contributed by atoms with E-state index in [0.29, 0.717) is 5.69 Å². The van der Waals surface area contributed by atoms with Crippen LogP contribution >= 0.6 is 11.3 Å². The topological polar surface area (TPSA) is 34.9 Å². The van der Waals surface area contributed by atoms with Gasteiger partial charge >= 0.3 is 0 Å². The highest BCUT2D eigenvalue weighted by atomic mass is 32.1. The SMILES string of the molecule is Cc1ccc(C)c(-c2csc(-n3cccc3C=O)n2)c1. The molecular weight excluding hydrogens is 268 g/mol. The van der Waals surface area contributed by atoms with Crippen molar-refractivity contribution in [2.24, 2.45) is 0 Å². The second-order valence-corrected chi connectivity index (χ2v) is 5.59. The highest BCUT2D eigenvalue weighted by Crippen LogP contribution is 2.28. The van der Waals surface area contributed by atoms with Crippen LogP contribution in [0.25, 0.3) is 16.4 Å². The number of aromatic nitrogens is 2. The molecule has 0 aliphatic carbocycles. The Morgan fingerprint density at radius 3 is 2.90 bits per heavy atom. The zero-order valence-corrected chi connectivity index (χ0v) is 12.1. The van der Waals surface area contributed by atoms with E-state index in [4.69, 9.17) is 0 Å². The molecule has 4 heteroatoms.